The van der Waals surface area contributed by atoms with Crippen LogP contribution in [0.25, 0.3) is 22.2 Å². The largest absolute Gasteiger partial charge is 0.481 e. The number of carbonyl (C=O) groups excluding carboxylic acids is 1. The molecule has 1 aromatic heterocycles. The van der Waals surface area contributed by atoms with Gasteiger partial charge >= 0.3 is 5.97 Å². The lowest BCUT2D eigenvalue weighted by Crippen LogP contribution is -2.61. The van der Waals surface area contributed by atoms with Crippen molar-refractivity contribution >= 4 is 57.0 Å². The number of nitrogens with zero attached hydrogens (tertiary/aromatic N) is 1. The van der Waals surface area contributed by atoms with E-state index >= 15 is 0 Å². The summed E-state index contributed by atoms with van der Waals surface area (Å²) in [6.45, 7) is 2.00. The minimum absolute atomic E-state index is 0.00304. The fourth-order valence-electron chi connectivity index (χ4n) is 5.78. The maximum absolute atomic E-state index is 13.8. The summed E-state index contributed by atoms with van der Waals surface area (Å²) in [5.41, 5.74) is 1.52. The lowest BCUT2D eigenvalue weighted by molar-refractivity contribution is -0.162. The molecule has 1 unspecified atom stereocenters. The van der Waals surface area contributed by atoms with E-state index in [1.807, 2.05) is 55.5 Å². The minimum Gasteiger partial charge on any atom is -0.481 e. The number of aromatic nitrogens is 1. The van der Waals surface area contributed by atoms with Crippen LogP contribution in [0.15, 0.2) is 48.5 Å². The smallest absolute Gasteiger partial charge is 0.309 e. The fourth-order valence-corrected chi connectivity index (χ4v) is 6.61. The molecule has 0 aliphatic heterocycles. The number of pyridine rings is 1. The Kier molecular flexibility index (Phi) is 5.64. The molecular weight excluding hydrogens is 551 g/mol. The van der Waals surface area contributed by atoms with Crippen LogP contribution in [0.3, 0.4) is 0 Å². The highest BCUT2D eigenvalue weighted by molar-refractivity contribution is 14.1. The van der Waals surface area contributed by atoms with Gasteiger partial charge in [-0.15, -0.1) is 0 Å². The Morgan fingerprint density at radius 2 is 1.82 bits per heavy atom. The van der Waals surface area contributed by atoms with Crippen LogP contribution in [0.2, 0.25) is 5.02 Å². The van der Waals surface area contributed by atoms with Gasteiger partial charge in [0.15, 0.2) is 0 Å². The van der Waals surface area contributed by atoms with Crippen molar-refractivity contribution in [3.63, 3.8) is 0 Å². The zero-order valence-corrected chi connectivity index (χ0v) is 21.1. The van der Waals surface area contributed by atoms with Crippen LogP contribution < -0.4 is 5.32 Å². The molecule has 1 atom stereocenters. The molecule has 3 aliphatic carbocycles. The molecule has 2 N–H and O–H groups in total. The number of fused-ring (bicyclic) bond motifs is 4. The van der Waals surface area contributed by atoms with Gasteiger partial charge in [-0.25, -0.2) is 4.98 Å². The van der Waals surface area contributed by atoms with E-state index in [0.717, 1.165) is 14.5 Å². The molecule has 33 heavy (non-hydrogen) atoms. The lowest BCUT2D eigenvalue weighted by Gasteiger charge is -2.55. The molecule has 7 heteroatoms. The average Bonchev–Trinajstić information content (AvgIpc) is 2.79. The molecule has 6 rings (SSSR count). The summed E-state index contributed by atoms with van der Waals surface area (Å²) in [5, 5.41) is 14.2. The predicted molar refractivity (Wildman–Crippen MR) is 137 cm³/mol. The van der Waals surface area contributed by atoms with Crippen molar-refractivity contribution in [2.45, 2.75) is 44.6 Å². The number of rotatable bonds is 4. The maximum Gasteiger partial charge on any atom is 0.309 e. The molecule has 1 amide bonds. The van der Waals surface area contributed by atoms with Crippen molar-refractivity contribution in [1.29, 1.82) is 0 Å². The SMILES string of the molecule is CC1CC2(NC(=O)c3c(Cl)c(-c4ccccc4)nc4ccc(I)cc34)CCC1(C(=O)O)CC2. The van der Waals surface area contributed by atoms with Gasteiger partial charge in [-0.3, -0.25) is 9.59 Å². The average molecular weight is 575 g/mol. The standard InChI is InChI=1S/C26H24ClIN2O3/c1-15-14-25(9-11-26(15,12-10-25)24(32)33)30-23(31)20-18-13-17(28)7-8-19(18)29-22(21(20)27)16-5-3-2-4-6-16/h2-8,13,15H,9-12,14H2,1H3,(H,30,31)(H,32,33). The van der Waals surface area contributed by atoms with Gasteiger partial charge in [0.1, 0.15) is 0 Å². The van der Waals surface area contributed by atoms with Gasteiger partial charge < -0.3 is 10.4 Å². The second-order valence-electron chi connectivity index (χ2n) is 9.48. The van der Waals surface area contributed by atoms with Crippen LogP contribution in [0.5, 0.6) is 0 Å². The van der Waals surface area contributed by atoms with Gasteiger partial charge in [0.25, 0.3) is 5.91 Å². The van der Waals surface area contributed by atoms with Crippen molar-refractivity contribution in [3.05, 3.63) is 62.7 Å². The Hall–Kier alpha value is -2.19. The summed E-state index contributed by atoms with van der Waals surface area (Å²) >= 11 is 9.10. The van der Waals surface area contributed by atoms with E-state index in [4.69, 9.17) is 16.6 Å². The summed E-state index contributed by atoms with van der Waals surface area (Å²) in [6, 6.07) is 15.5. The fraction of sp³-hybridized carbons (Fsp3) is 0.346. The zero-order chi connectivity index (χ0) is 23.4. The van der Waals surface area contributed by atoms with Crippen molar-refractivity contribution < 1.29 is 14.7 Å². The molecule has 2 bridgehead atoms. The van der Waals surface area contributed by atoms with Crippen LogP contribution in [-0.2, 0) is 4.79 Å². The Labute approximate surface area is 211 Å². The van der Waals surface area contributed by atoms with E-state index in [1.54, 1.807) is 0 Å². The number of hydrogen-bond donors (Lipinski definition) is 2. The van der Waals surface area contributed by atoms with Crippen LogP contribution in [0, 0.1) is 14.9 Å². The third-order valence-corrected chi connectivity index (χ3v) is 8.75. The predicted octanol–water partition coefficient (Wildman–Crippen LogP) is 6.31. The van der Waals surface area contributed by atoms with E-state index < -0.39 is 16.9 Å². The summed E-state index contributed by atoms with van der Waals surface area (Å²) in [6.07, 6.45) is 3.16. The first-order chi connectivity index (χ1) is 15.7. The van der Waals surface area contributed by atoms with Crippen LogP contribution in [0.4, 0.5) is 0 Å². The van der Waals surface area contributed by atoms with Crippen molar-refractivity contribution in [2.24, 2.45) is 11.3 Å². The van der Waals surface area contributed by atoms with E-state index in [9.17, 15) is 14.7 Å². The van der Waals surface area contributed by atoms with E-state index in [-0.39, 0.29) is 11.8 Å². The summed E-state index contributed by atoms with van der Waals surface area (Å²) < 4.78 is 0.993. The van der Waals surface area contributed by atoms with Crippen LogP contribution in [-0.4, -0.2) is 27.5 Å². The number of hydrogen-bond acceptors (Lipinski definition) is 3. The van der Waals surface area contributed by atoms with Crippen molar-refractivity contribution in [1.82, 2.24) is 10.3 Å². The Morgan fingerprint density at radius 3 is 2.45 bits per heavy atom. The number of amides is 1. The highest BCUT2D eigenvalue weighted by Gasteiger charge is 2.57. The first-order valence-corrected chi connectivity index (χ1v) is 12.6. The number of carboxylic acid groups (broad SMARTS) is 1. The van der Waals surface area contributed by atoms with E-state index in [1.165, 1.54) is 0 Å². The second kappa shape index (κ2) is 8.24. The topological polar surface area (TPSA) is 79.3 Å². The second-order valence-corrected chi connectivity index (χ2v) is 11.1. The van der Waals surface area contributed by atoms with Gasteiger partial charge in [-0.1, -0.05) is 48.9 Å². The molecule has 0 spiro atoms. The van der Waals surface area contributed by atoms with E-state index in [2.05, 4.69) is 27.9 Å². The van der Waals surface area contributed by atoms with Gasteiger partial charge in [-0.05, 0) is 78.8 Å². The van der Waals surface area contributed by atoms with Gasteiger partial charge in [0, 0.05) is 20.1 Å². The number of aliphatic carboxylic acids is 1. The zero-order valence-electron chi connectivity index (χ0n) is 18.2. The third-order valence-electron chi connectivity index (χ3n) is 7.71. The minimum atomic E-state index is -0.708. The third kappa shape index (κ3) is 3.71. The van der Waals surface area contributed by atoms with Crippen LogP contribution in [0.1, 0.15) is 49.4 Å². The number of carbonyl (C=O) groups is 2. The maximum atomic E-state index is 13.8. The number of benzene rings is 2. The van der Waals surface area contributed by atoms with Gasteiger partial charge in [0.2, 0.25) is 0 Å². The summed E-state index contributed by atoms with van der Waals surface area (Å²) in [4.78, 5) is 30.6. The molecule has 3 aromatic rings. The first kappa shape index (κ1) is 22.6. The molecule has 3 saturated carbocycles. The summed E-state index contributed by atoms with van der Waals surface area (Å²) in [7, 11) is 0. The highest BCUT2D eigenvalue weighted by atomic mass is 127. The Morgan fingerprint density at radius 1 is 1.12 bits per heavy atom. The van der Waals surface area contributed by atoms with Gasteiger partial charge in [0.05, 0.1) is 27.2 Å². The normalized spacial score (nSPS) is 26.3. The quantitative estimate of drug-likeness (QED) is 0.358. The Balaban J connectivity index is 1.57. The molecule has 1 heterocycles. The molecule has 2 aromatic carbocycles. The number of nitrogens with one attached hydrogen (secondary N) is 1. The molecule has 0 radical (unpaired) electrons. The van der Waals surface area contributed by atoms with Gasteiger partial charge in [-0.2, -0.15) is 0 Å². The van der Waals surface area contributed by atoms with Crippen LogP contribution >= 0.6 is 34.2 Å². The first-order valence-electron chi connectivity index (χ1n) is 11.1. The molecule has 0 saturated heterocycles. The van der Waals surface area contributed by atoms with Crippen molar-refractivity contribution in [2.75, 3.05) is 0 Å². The van der Waals surface area contributed by atoms with Crippen molar-refractivity contribution in [3.8, 4) is 11.3 Å². The summed E-state index contributed by atoms with van der Waals surface area (Å²) in [5.74, 6) is -0.924. The monoisotopic (exact) mass is 574 g/mol. The Bertz CT molecular complexity index is 1270. The number of halogens is 2. The molecule has 5 nitrogen and oxygen atoms in total. The highest BCUT2D eigenvalue weighted by Crippen LogP contribution is 2.55. The number of carboxylic acids is 1. The molecule has 170 valence electrons. The lowest BCUT2D eigenvalue weighted by atomic mass is 9.52. The molecular formula is C26H24ClIN2O3. The molecule has 3 aliphatic rings. The van der Waals surface area contributed by atoms with E-state index in [0.29, 0.717) is 53.9 Å². The molecule has 3 fully saturated rings.